The number of nitrogens with one attached hydrogen (secondary N) is 1. The van der Waals surface area contributed by atoms with Gasteiger partial charge in [0.05, 0.1) is 6.54 Å². The van der Waals surface area contributed by atoms with Gasteiger partial charge in [-0.25, -0.2) is 4.68 Å². The van der Waals surface area contributed by atoms with Crippen LogP contribution in [0, 0.1) is 0 Å². The Labute approximate surface area is 146 Å². The summed E-state index contributed by atoms with van der Waals surface area (Å²) < 4.78 is 1.77. The zero-order chi connectivity index (χ0) is 17.9. The molecule has 0 bridgehead atoms. The van der Waals surface area contributed by atoms with Crippen molar-refractivity contribution in [2.45, 2.75) is 32.7 Å². The number of amides is 1. The summed E-state index contributed by atoms with van der Waals surface area (Å²) >= 11 is 0. The SMILES string of the molecule is CC(C)(C)c1nnnn1Cc1cccc(C(=O)Nc2ccccc2)c1. The van der Waals surface area contributed by atoms with Gasteiger partial charge >= 0.3 is 0 Å². The first kappa shape index (κ1) is 16.8. The lowest BCUT2D eigenvalue weighted by Gasteiger charge is -2.17. The molecule has 6 heteroatoms. The molecule has 1 aromatic heterocycles. The third-order valence-corrected chi connectivity index (χ3v) is 3.76. The molecule has 2 aromatic carbocycles. The number of aromatic nitrogens is 4. The molecule has 3 rings (SSSR count). The average Bonchev–Trinajstić information content (AvgIpc) is 3.04. The summed E-state index contributed by atoms with van der Waals surface area (Å²) in [4.78, 5) is 12.4. The number of tetrazole rings is 1. The molecule has 0 aliphatic heterocycles. The Bertz CT molecular complexity index is 865. The number of carbonyl (C=O) groups excluding carboxylic acids is 1. The lowest BCUT2D eigenvalue weighted by atomic mass is 9.96. The maximum atomic E-state index is 12.4. The van der Waals surface area contributed by atoms with E-state index in [-0.39, 0.29) is 11.3 Å². The predicted molar refractivity (Wildman–Crippen MR) is 96.5 cm³/mol. The lowest BCUT2D eigenvalue weighted by molar-refractivity contribution is 0.102. The molecule has 0 radical (unpaired) electrons. The van der Waals surface area contributed by atoms with Crippen molar-refractivity contribution >= 4 is 11.6 Å². The van der Waals surface area contributed by atoms with Gasteiger partial charge in [-0.1, -0.05) is 51.1 Å². The van der Waals surface area contributed by atoms with Crippen molar-refractivity contribution in [1.29, 1.82) is 0 Å². The average molecular weight is 335 g/mol. The van der Waals surface area contributed by atoms with Crippen LogP contribution in [0.2, 0.25) is 0 Å². The predicted octanol–water partition coefficient (Wildman–Crippen LogP) is 3.27. The number of para-hydroxylation sites is 1. The van der Waals surface area contributed by atoms with E-state index < -0.39 is 0 Å². The number of carbonyl (C=O) groups is 1. The molecule has 0 spiro atoms. The van der Waals surface area contributed by atoms with Crippen LogP contribution in [0.4, 0.5) is 5.69 Å². The first-order chi connectivity index (χ1) is 11.9. The molecule has 0 aliphatic rings. The number of hydrogen-bond acceptors (Lipinski definition) is 4. The van der Waals surface area contributed by atoms with E-state index in [1.54, 1.807) is 10.7 Å². The van der Waals surface area contributed by atoms with Crippen LogP contribution in [0.5, 0.6) is 0 Å². The summed E-state index contributed by atoms with van der Waals surface area (Å²) in [7, 11) is 0. The maximum absolute atomic E-state index is 12.4. The van der Waals surface area contributed by atoms with Gasteiger partial charge in [0.2, 0.25) is 0 Å². The number of anilines is 1. The lowest BCUT2D eigenvalue weighted by Crippen LogP contribution is -2.20. The van der Waals surface area contributed by atoms with Gasteiger partial charge < -0.3 is 5.32 Å². The maximum Gasteiger partial charge on any atom is 0.255 e. The molecule has 128 valence electrons. The van der Waals surface area contributed by atoms with Crippen molar-refractivity contribution in [2.24, 2.45) is 0 Å². The van der Waals surface area contributed by atoms with Crippen molar-refractivity contribution < 1.29 is 4.79 Å². The van der Waals surface area contributed by atoms with Crippen LogP contribution in [0.3, 0.4) is 0 Å². The Morgan fingerprint density at radius 3 is 2.56 bits per heavy atom. The molecule has 0 fully saturated rings. The molecular formula is C19H21N5O. The normalized spacial score (nSPS) is 11.3. The Hall–Kier alpha value is -3.02. The zero-order valence-corrected chi connectivity index (χ0v) is 14.6. The Morgan fingerprint density at radius 1 is 1.08 bits per heavy atom. The summed E-state index contributed by atoms with van der Waals surface area (Å²) in [5, 5.41) is 14.9. The third-order valence-electron chi connectivity index (χ3n) is 3.76. The standard InChI is InChI=1S/C19H21N5O/c1-19(2,3)18-21-22-23-24(18)13-14-8-7-9-15(12-14)17(25)20-16-10-5-4-6-11-16/h4-12H,13H2,1-3H3,(H,20,25). The van der Waals surface area contributed by atoms with Crippen molar-refractivity contribution in [2.75, 3.05) is 5.32 Å². The molecule has 0 atom stereocenters. The second-order valence-corrected chi connectivity index (χ2v) is 6.93. The summed E-state index contributed by atoms with van der Waals surface area (Å²) in [6.07, 6.45) is 0. The molecule has 1 N–H and O–H groups in total. The van der Waals surface area contributed by atoms with Gasteiger partial charge in [0.25, 0.3) is 5.91 Å². The van der Waals surface area contributed by atoms with Crippen LogP contribution in [0.15, 0.2) is 54.6 Å². The van der Waals surface area contributed by atoms with Crippen LogP contribution < -0.4 is 5.32 Å². The van der Waals surface area contributed by atoms with Gasteiger partial charge in [-0.2, -0.15) is 0 Å². The van der Waals surface area contributed by atoms with Gasteiger partial charge in [-0.05, 0) is 40.3 Å². The number of nitrogens with zero attached hydrogens (tertiary/aromatic N) is 4. The van der Waals surface area contributed by atoms with E-state index in [4.69, 9.17) is 0 Å². The largest absolute Gasteiger partial charge is 0.322 e. The van der Waals surface area contributed by atoms with E-state index in [0.717, 1.165) is 17.1 Å². The smallest absolute Gasteiger partial charge is 0.255 e. The minimum atomic E-state index is -0.147. The molecule has 0 unspecified atom stereocenters. The van der Waals surface area contributed by atoms with Crippen molar-refractivity contribution in [3.05, 3.63) is 71.5 Å². The first-order valence-electron chi connectivity index (χ1n) is 8.15. The minimum Gasteiger partial charge on any atom is -0.322 e. The van der Waals surface area contributed by atoms with Crippen LogP contribution in [0.1, 0.15) is 42.5 Å². The van der Waals surface area contributed by atoms with Gasteiger partial charge in [0.1, 0.15) is 0 Å². The van der Waals surface area contributed by atoms with Crippen molar-refractivity contribution in [3.8, 4) is 0 Å². The summed E-state index contributed by atoms with van der Waals surface area (Å²) in [6.45, 7) is 6.73. The molecular weight excluding hydrogens is 314 g/mol. The second kappa shape index (κ2) is 6.84. The highest BCUT2D eigenvalue weighted by Crippen LogP contribution is 2.19. The number of hydrogen-bond donors (Lipinski definition) is 1. The van der Waals surface area contributed by atoms with E-state index in [0.29, 0.717) is 12.1 Å². The summed E-state index contributed by atoms with van der Waals surface area (Å²) in [5.74, 6) is 0.674. The molecule has 1 heterocycles. The zero-order valence-electron chi connectivity index (χ0n) is 14.6. The fourth-order valence-electron chi connectivity index (χ4n) is 2.56. The van der Waals surface area contributed by atoms with Gasteiger partial charge in [-0.3, -0.25) is 4.79 Å². The molecule has 25 heavy (non-hydrogen) atoms. The van der Waals surface area contributed by atoms with E-state index >= 15 is 0 Å². The Balaban J connectivity index is 1.78. The minimum absolute atomic E-state index is 0.138. The Morgan fingerprint density at radius 2 is 1.84 bits per heavy atom. The van der Waals surface area contributed by atoms with E-state index in [9.17, 15) is 4.79 Å². The van der Waals surface area contributed by atoms with Crippen LogP contribution in [-0.4, -0.2) is 26.1 Å². The van der Waals surface area contributed by atoms with Gasteiger partial charge in [0, 0.05) is 16.7 Å². The summed E-state index contributed by atoms with van der Waals surface area (Å²) in [6, 6.07) is 16.9. The highest BCUT2D eigenvalue weighted by atomic mass is 16.1. The highest BCUT2D eigenvalue weighted by Gasteiger charge is 2.22. The first-order valence-corrected chi connectivity index (χ1v) is 8.15. The third kappa shape index (κ3) is 4.09. The number of rotatable bonds is 4. The van der Waals surface area contributed by atoms with Crippen LogP contribution in [0.25, 0.3) is 0 Å². The highest BCUT2D eigenvalue weighted by molar-refractivity contribution is 6.04. The van der Waals surface area contributed by atoms with Crippen LogP contribution >= 0.6 is 0 Å². The molecule has 6 nitrogen and oxygen atoms in total. The van der Waals surface area contributed by atoms with Crippen LogP contribution in [-0.2, 0) is 12.0 Å². The van der Waals surface area contributed by atoms with Gasteiger partial charge in [0.15, 0.2) is 5.82 Å². The monoisotopic (exact) mass is 335 g/mol. The fourth-order valence-corrected chi connectivity index (χ4v) is 2.56. The quantitative estimate of drug-likeness (QED) is 0.794. The molecule has 1 amide bonds. The van der Waals surface area contributed by atoms with Gasteiger partial charge in [-0.15, -0.1) is 5.10 Å². The van der Waals surface area contributed by atoms with Crippen molar-refractivity contribution in [3.63, 3.8) is 0 Å². The fraction of sp³-hybridized carbons (Fsp3) is 0.263. The van der Waals surface area contributed by atoms with E-state index in [1.165, 1.54) is 0 Å². The van der Waals surface area contributed by atoms with E-state index in [2.05, 4.69) is 41.6 Å². The summed E-state index contributed by atoms with van der Waals surface area (Å²) in [5.41, 5.74) is 2.20. The molecule has 0 saturated heterocycles. The molecule has 3 aromatic rings. The topological polar surface area (TPSA) is 72.7 Å². The Kier molecular flexibility index (Phi) is 4.61. The number of benzene rings is 2. The second-order valence-electron chi connectivity index (χ2n) is 6.93. The molecule has 0 saturated carbocycles. The van der Waals surface area contributed by atoms with E-state index in [1.807, 2.05) is 48.5 Å². The van der Waals surface area contributed by atoms with Crippen molar-refractivity contribution in [1.82, 2.24) is 20.2 Å². The molecule has 0 aliphatic carbocycles.